The number of likely N-dealkylation sites (tertiary alicyclic amines) is 1. The van der Waals surface area contributed by atoms with Crippen LogP contribution >= 0.6 is 0 Å². The van der Waals surface area contributed by atoms with Gasteiger partial charge in [0, 0.05) is 18.5 Å². The lowest BCUT2D eigenvalue weighted by molar-refractivity contribution is 0.0674. The summed E-state index contributed by atoms with van der Waals surface area (Å²) in [6, 6.07) is 15.2. The van der Waals surface area contributed by atoms with Crippen LogP contribution in [0.2, 0.25) is 0 Å². The molecule has 0 radical (unpaired) electrons. The standard InChI is InChI=1S/C25H29N3O3/c1-3-16-28-24(29)21-10-7-6-9-20(21)23(26-28)25(30)27-17-8-4-5-11-22(27)18-12-14-19(31-2)15-13-18/h6-7,9-10,12-15,22H,3-5,8,11,16-17H2,1-2H3/t22-/m0/s1. The molecule has 0 N–H and O–H groups in total. The van der Waals surface area contributed by atoms with Crippen molar-refractivity contribution in [2.45, 2.75) is 51.6 Å². The van der Waals surface area contributed by atoms with Gasteiger partial charge in [0.25, 0.3) is 11.5 Å². The first-order valence-electron chi connectivity index (χ1n) is 11.1. The molecule has 1 aliphatic heterocycles. The number of benzene rings is 2. The Kier molecular flexibility index (Phi) is 6.35. The monoisotopic (exact) mass is 419 g/mol. The molecule has 0 saturated carbocycles. The fourth-order valence-electron chi connectivity index (χ4n) is 4.42. The van der Waals surface area contributed by atoms with Crippen LogP contribution in [0.1, 0.15) is 61.1 Å². The highest BCUT2D eigenvalue weighted by molar-refractivity contribution is 6.05. The van der Waals surface area contributed by atoms with Crippen molar-refractivity contribution in [1.29, 1.82) is 0 Å². The molecule has 6 nitrogen and oxygen atoms in total. The Morgan fingerprint density at radius 3 is 2.52 bits per heavy atom. The predicted octanol–water partition coefficient (Wildman–Crippen LogP) is 4.57. The molecule has 1 fully saturated rings. The van der Waals surface area contributed by atoms with Gasteiger partial charge in [-0.3, -0.25) is 9.59 Å². The number of carbonyl (C=O) groups is 1. The second-order valence-corrected chi connectivity index (χ2v) is 8.06. The number of carbonyl (C=O) groups excluding carboxylic acids is 1. The molecule has 2 heterocycles. The number of amides is 1. The molecule has 0 unspecified atom stereocenters. The van der Waals surface area contributed by atoms with E-state index in [0.29, 0.717) is 29.6 Å². The Morgan fingerprint density at radius 1 is 1.06 bits per heavy atom. The molecule has 162 valence electrons. The number of aryl methyl sites for hydroxylation is 1. The summed E-state index contributed by atoms with van der Waals surface area (Å²) in [5, 5.41) is 5.72. The number of nitrogens with zero attached hydrogens (tertiary/aromatic N) is 3. The van der Waals surface area contributed by atoms with Crippen molar-refractivity contribution in [3.8, 4) is 5.75 Å². The molecule has 6 heteroatoms. The van der Waals surface area contributed by atoms with E-state index in [1.165, 1.54) is 4.68 Å². The Labute approximate surface area is 182 Å². The number of fused-ring (bicyclic) bond motifs is 1. The molecule has 4 rings (SSSR count). The van der Waals surface area contributed by atoms with Gasteiger partial charge in [0.2, 0.25) is 0 Å². The summed E-state index contributed by atoms with van der Waals surface area (Å²) in [6.45, 7) is 3.17. The number of methoxy groups -OCH3 is 1. The Morgan fingerprint density at radius 2 is 1.81 bits per heavy atom. The zero-order valence-corrected chi connectivity index (χ0v) is 18.2. The van der Waals surface area contributed by atoms with Crippen molar-refractivity contribution in [1.82, 2.24) is 14.7 Å². The van der Waals surface area contributed by atoms with Gasteiger partial charge < -0.3 is 9.64 Å². The van der Waals surface area contributed by atoms with Gasteiger partial charge >= 0.3 is 0 Å². The summed E-state index contributed by atoms with van der Waals surface area (Å²) in [7, 11) is 1.65. The zero-order chi connectivity index (χ0) is 21.8. The highest BCUT2D eigenvalue weighted by atomic mass is 16.5. The number of hydrogen-bond donors (Lipinski definition) is 0. The van der Waals surface area contributed by atoms with Crippen LogP contribution in [-0.2, 0) is 6.54 Å². The Hall–Kier alpha value is -3.15. The van der Waals surface area contributed by atoms with Crippen molar-refractivity contribution in [3.63, 3.8) is 0 Å². The average molecular weight is 420 g/mol. The van der Waals surface area contributed by atoms with Gasteiger partial charge in [-0.15, -0.1) is 0 Å². The van der Waals surface area contributed by atoms with Crippen LogP contribution in [0.15, 0.2) is 53.3 Å². The first kappa shape index (κ1) is 21.1. The van der Waals surface area contributed by atoms with E-state index >= 15 is 0 Å². The molecule has 1 amide bonds. The fourth-order valence-corrected chi connectivity index (χ4v) is 4.42. The molecule has 31 heavy (non-hydrogen) atoms. The molecule has 2 aromatic carbocycles. The summed E-state index contributed by atoms with van der Waals surface area (Å²) < 4.78 is 6.74. The van der Waals surface area contributed by atoms with Crippen LogP contribution in [0.3, 0.4) is 0 Å². The second kappa shape index (κ2) is 9.33. The first-order valence-corrected chi connectivity index (χ1v) is 11.1. The summed E-state index contributed by atoms with van der Waals surface area (Å²) in [5.41, 5.74) is 1.32. The molecule has 0 spiro atoms. The molecule has 1 aliphatic rings. The minimum atomic E-state index is -0.142. The quantitative estimate of drug-likeness (QED) is 0.608. The first-order chi connectivity index (χ1) is 15.1. The van der Waals surface area contributed by atoms with E-state index in [4.69, 9.17) is 4.74 Å². The van der Waals surface area contributed by atoms with E-state index in [1.807, 2.05) is 54.3 Å². The molecule has 1 saturated heterocycles. The van der Waals surface area contributed by atoms with Crippen LogP contribution in [-0.4, -0.2) is 34.2 Å². The zero-order valence-electron chi connectivity index (χ0n) is 18.2. The normalized spacial score (nSPS) is 16.8. The smallest absolute Gasteiger partial charge is 0.275 e. The maximum Gasteiger partial charge on any atom is 0.275 e. The van der Waals surface area contributed by atoms with Crippen LogP contribution in [0, 0.1) is 0 Å². The highest BCUT2D eigenvalue weighted by Gasteiger charge is 2.30. The van der Waals surface area contributed by atoms with Crippen molar-refractivity contribution < 1.29 is 9.53 Å². The number of rotatable bonds is 5. The van der Waals surface area contributed by atoms with Gasteiger partial charge in [0.05, 0.1) is 18.5 Å². The largest absolute Gasteiger partial charge is 0.497 e. The predicted molar refractivity (Wildman–Crippen MR) is 122 cm³/mol. The number of aromatic nitrogens is 2. The minimum absolute atomic E-state index is 0.0204. The molecule has 0 bridgehead atoms. The van der Waals surface area contributed by atoms with E-state index in [0.717, 1.165) is 43.4 Å². The summed E-state index contributed by atoms with van der Waals surface area (Å²) in [4.78, 5) is 28.6. The summed E-state index contributed by atoms with van der Waals surface area (Å²) in [6.07, 6.45) is 4.82. The van der Waals surface area contributed by atoms with Gasteiger partial charge in [-0.1, -0.05) is 50.1 Å². The van der Waals surface area contributed by atoms with Gasteiger partial charge in [-0.05, 0) is 43.0 Å². The van der Waals surface area contributed by atoms with Gasteiger partial charge in [-0.2, -0.15) is 5.10 Å². The summed E-state index contributed by atoms with van der Waals surface area (Å²) >= 11 is 0. The van der Waals surface area contributed by atoms with E-state index in [1.54, 1.807) is 13.2 Å². The molecule has 0 aliphatic carbocycles. The molecule has 3 aromatic rings. The SMILES string of the molecule is CCCn1nc(C(=O)N2CCCCC[C@H]2c2ccc(OC)cc2)c2ccccc2c1=O. The molecule has 1 atom stereocenters. The van der Waals surface area contributed by atoms with Crippen molar-refractivity contribution in [2.24, 2.45) is 0 Å². The van der Waals surface area contributed by atoms with E-state index in [2.05, 4.69) is 5.10 Å². The third-order valence-corrected chi connectivity index (χ3v) is 6.02. The maximum absolute atomic E-state index is 13.9. The van der Waals surface area contributed by atoms with Crippen molar-refractivity contribution >= 4 is 16.7 Å². The highest BCUT2D eigenvalue weighted by Crippen LogP contribution is 2.32. The molecular formula is C25H29N3O3. The van der Waals surface area contributed by atoms with Gasteiger partial charge in [-0.25, -0.2) is 4.68 Å². The maximum atomic E-state index is 13.9. The molecule has 1 aromatic heterocycles. The number of ether oxygens (including phenoxy) is 1. The lowest BCUT2D eigenvalue weighted by Crippen LogP contribution is -2.37. The van der Waals surface area contributed by atoms with Crippen LogP contribution in [0.4, 0.5) is 0 Å². The lowest BCUT2D eigenvalue weighted by atomic mass is 10.00. The second-order valence-electron chi connectivity index (χ2n) is 8.06. The van der Waals surface area contributed by atoms with E-state index < -0.39 is 0 Å². The fraction of sp³-hybridized carbons (Fsp3) is 0.400. The van der Waals surface area contributed by atoms with Crippen LogP contribution < -0.4 is 10.3 Å². The minimum Gasteiger partial charge on any atom is -0.497 e. The van der Waals surface area contributed by atoms with E-state index in [-0.39, 0.29) is 17.5 Å². The third-order valence-electron chi connectivity index (χ3n) is 6.02. The third kappa shape index (κ3) is 4.20. The topological polar surface area (TPSA) is 64.4 Å². The summed E-state index contributed by atoms with van der Waals surface area (Å²) in [5.74, 6) is 0.693. The van der Waals surface area contributed by atoms with Crippen LogP contribution in [0.25, 0.3) is 10.8 Å². The lowest BCUT2D eigenvalue weighted by Gasteiger charge is -2.30. The average Bonchev–Trinajstić information content (AvgIpc) is 3.07. The van der Waals surface area contributed by atoms with Crippen molar-refractivity contribution in [3.05, 3.63) is 70.1 Å². The van der Waals surface area contributed by atoms with Crippen LogP contribution in [0.5, 0.6) is 5.75 Å². The van der Waals surface area contributed by atoms with Gasteiger partial charge in [0.15, 0.2) is 5.69 Å². The Bertz CT molecular complexity index is 1120. The van der Waals surface area contributed by atoms with Gasteiger partial charge in [0.1, 0.15) is 5.75 Å². The molecular weight excluding hydrogens is 390 g/mol. The Balaban J connectivity index is 1.79. The van der Waals surface area contributed by atoms with E-state index in [9.17, 15) is 9.59 Å². The number of hydrogen-bond acceptors (Lipinski definition) is 4. The van der Waals surface area contributed by atoms with Crippen molar-refractivity contribution in [2.75, 3.05) is 13.7 Å².